The van der Waals surface area contributed by atoms with E-state index in [4.69, 9.17) is 11.6 Å². The smallest absolute Gasteiger partial charge is 0.306 e. The van der Waals surface area contributed by atoms with Gasteiger partial charge in [-0.2, -0.15) is 0 Å². The Morgan fingerprint density at radius 3 is 2.80 bits per heavy atom. The van der Waals surface area contributed by atoms with Crippen LogP contribution in [0.15, 0.2) is 18.2 Å². The molecule has 0 aromatic heterocycles. The van der Waals surface area contributed by atoms with Gasteiger partial charge in [-0.1, -0.05) is 23.7 Å². The molecule has 1 aromatic carbocycles. The molecule has 0 spiro atoms. The molecule has 0 radical (unpaired) electrons. The average molecular weight is 319 g/mol. The Kier molecular flexibility index (Phi) is 4.81. The van der Waals surface area contributed by atoms with Crippen LogP contribution in [-0.2, 0) is 26.1 Å². The highest BCUT2D eigenvalue weighted by Crippen LogP contribution is 2.49. The standard InChI is InChI=1S/C14H16ClFO3S/c1-19-12(17)7-14(5-6-14)9-20(18)8-10-3-2-4-11(16)13(10)15/h2-4H,5-9H2,1H3. The lowest BCUT2D eigenvalue weighted by Crippen LogP contribution is -2.18. The Morgan fingerprint density at radius 1 is 1.50 bits per heavy atom. The molecule has 110 valence electrons. The number of benzene rings is 1. The summed E-state index contributed by atoms with van der Waals surface area (Å²) in [5.41, 5.74) is 0.344. The Bertz CT molecular complexity index is 543. The highest BCUT2D eigenvalue weighted by Gasteiger charge is 2.45. The van der Waals surface area contributed by atoms with Crippen molar-refractivity contribution < 1.29 is 18.1 Å². The first-order valence-corrected chi connectivity index (χ1v) is 8.17. The van der Waals surface area contributed by atoms with Crippen LogP contribution in [0.5, 0.6) is 0 Å². The van der Waals surface area contributed by atoms with Gasteiger partial charge in [0.2, 0.25) is 0 Å². The molecule has 1 aliphatic carbocycles. The highest BCUT2D eigenvalue weighted by atomic mass is 35.5. The maximum atomic E-state index is 13.3. The van der Waals surface area contributed by atoms with Gasteiger partial charge in [0, 0.05) is 16.6 Å². The minimum absolute atomic E-state index is 0.0265. The minimum atomic E-state index is -1.17. The van der Waals surface area contributed by atoms with Gasteiger partial charge in [0.25, 0.3) is 0 Å². The zero-order chi connectivity index (χ0) is 14.8. The van der Waals surface area contributed by atoms with Crippen molar-refractivity contribution in [2.45, 2.75) is 25.0 Å². The van der Waals surface area contributed by atoms with Gasteiger partial charge < -0.3 is 4.74 Å². The molecule has 1 aliphatic rings. The molecule has 3 nitrogen and oxygen atoms in total. The van der Waals surface area contributed by atoms with E-state index >= 15 is 0 Å². The van der Waals surface area contributed by atoms with Gasteiger partial charge in [-0.3, -0.25) is 9.00 Å². The number of halogens is 2. The van der Waals surface area contributed by atoms with Crippen LogP contribution in [0.2, 0.25) is 5.02 Å². The summed E-state index contributed by atoms with van der Waals surface area (Å²) in [6, 6.07) is 4.49. The normalized spacial score (nSPS) is 17.6. The van der Waals surface area contributed by atoms with Crippen LogP contribution in [-0.4, -0.2) is 23.0 Å². The Labute approximate surface area is 124 Å². The van der Waals surface area contributed by atoms with Crippen LogP contribution >= 0.6 is 11.6 Å². The summed E-state index contributed by atoms with van der Waals surface area (Å²) < 4.78 is 30.1. The van der Waals surface area contributed by atoms with Gasteiger partial charge >= 0.3 is 5.97 Å². The molecule has 6 heteroatoms. The molecule has 1 saturated carbocycles. The largest absolute Gasteiger partial charge is 0.469 e. The number of ether oxygens (including phenoxy) is 1. The molecule has 1 fully saturated rings. The van der Waals surface area contributed by atoms with Crippen molar-refractivity contribution in [2.75, 3.05) is 12.9 Å². The van der Waals surface area contributed by atoms with Gasteiger partial charge in [-0.15, -0.1) is 0 Å². The Balaban J connectivity index is 1.96. The summed E-state index contributed by atoms with van der Waals surface area (Å²) in [7, 11) is 0.175. The first-order valence-electron chi connectivity index (χ1n) is 6.30. The molecule has 0 aliphatic heterocycles. The Morgan fingerprint density at radius 2 is 2.20 bits per heavy atom. The third kappa shape index (κ3) is 3.79. The van der Waals surface area contributed by atoms with Crippen molar-refractivity contribution in [3.63, 3.8) is 0 Å². The molecule has 20 heavy (non-hydrogen) atoms. The van der Waals surface area contributed by atoms with E-state index in [-0.39, 0.29) is 22.2 Å². The van der Waals surface area contributed by atoms with E-state index in [2.05, 4.69) is 4.74 Å². The summed E-state index contributed by atoms with van der Waals surface area (Å²) in [4.78, 5) is 11.3. The molecule has 2 rings (SSSR count). The number of carbonyl (C=O) groups excluding carboxylic acids is 1. The predicted octanol–water partition coefficient (Wildman–Crippen LogP) is 3.07. The number of esters is 1. The van der Waals surface area contributed by atoms with Crippen LogP contribution < -0.4 is 0 Å². The number of rotatable bonds is 6. The second kappa shape index (κ2) is 6.22. The first-order chi connectivity index (χ1) is 9.46. The van der Waals surface area contributed by atoms with Crippen molar-refractivity contribution in [1.82, 2.24) is 0 Å². The Hall–Kier alpha value is -0.940. The SMILES string of the molecule is COC(=O)CC1(CS(=O)Cc2cccc(F)c2Cl)CC1. The van der Waals surface area contributed by atoms with Crippen LogP contribution in [0.25, 0.3) is 0 Å². The van der Waals surface area contributed by atoms with Crippen molar-refractivity contribution in [3.8, 4) is 0 Å². The predicted molar refractivity (Wildman–Crippen MR) is 76.4 cm³/mol. The third-order valence-corrected chi connectivity index (χ3v) is 5.51. The van der Waals surface area contributed by atoms with Gasteiger partial charge in [0.1, 0.15) is 5.82 Å². The lowest BCUT2D eigenvalue weighted by Gasteiger charge is -2.13. The van der Waals surface area contributed by atoms with E-state index in [9.17, 15) is 13.4 Å². The van der Waals surface area contributed by atoms with E-state index < -0.39 is 16.6 Å². The lowest BCUT2D eigenvalue weighted by atomic mass is 10.1. The average Bonchev–Trinajstić information content (AvgIpc) is 3.14. The fraction of sp³-hybridized carbons (Fsp3) is 0.500. The maximum absolute atomic E-state index is 13.3. The first kappa shape index (κ1) is 15.4. The van der Waals surface area contributed by atoms with Gasteiger partial charge in [-0.05, 0) is 29.9 Å². The third-order valence-electron chi connectivity index (χ3n) is 3.52. The molecular weight excluding hydrogens is 303 g/mol. The van der Waals surface area contributed by atoms with Crippen molar-refractivity contribution in [2.24, 2.45) is 5.41 Å². The number of hydrogen-bond acceptors (Lipinski definition) is 3. The quantitative estimate of drug-likeness (QED) is 0.757. The second-order valence-electron chi connectivity index (χ2n) is 5.19. The van der Waals surface area contributed by atoms with E-state index in [1.807, 2.05) is 0 Å². The maximum Gasteiger partial charge on any atom is 0.306 e. The fourth-order valence-electron chi connectivity index (χ4n) is 2.15. The number of carbonyl (C=O) groups is 1. The highest BCUT2D eigenvalue weighted by molar-refractivity contribution is 7.84. The molecule has 1 aromatic rings. The van der Waals surface area contributed by atoms with Crippen molar-refractivity contribution in [3.05, 3.63) is 34.6 Å². The van der Waals surface area contributed by atoms with Crippen LogP contribution in [0.3, 0.4) is 0 Å². The fourth-order valence-corrected chi connectivity index (χ4v) is 4.19. The van der Waals surface area contributed by atoms with Crippen LogP contribution in [0, 0.1) is 11.2 Å². The zero-order valence-corrected chi connectivity index (χ0v) is 12.7. The topological polar surface area (TPSA) is 43.4 Å². The van der Waals surface area contributed by atoms with Crippen LogP contribution in [0.4, 0.5) is 4.39 Å². The van der Waals surface area contributed by atoms with Gasteiger partial charge in [0.05, 0.1) is 24.3 Å². The van der Waals surface area contributed by atoms with Gasteiger partial charge in [-0.25, -0.2) is 4.39 Å². The second-order valence-corrected chi connectivity index (χ2v) is 7.03. The molecule has 1 unspecified atom stereocenters. The summed E-state index contributed by atoms with van der Waals surface area (Å²) in [5.74, 6) is -0.144. The van der Waals surface area contributed by atoms with E-state index in [1.54, 1.807) is 12.1 Å². The molecular formula is C14H16ClFO3S. The lowest BCUT2D eigenvalue weighted by molar-refractivity contribution is -0.141. The van der Waals surface area contributed by atoms with Crippen molar-refractivity contribution >= 4 is 28.4 Å². The molecule has 0 bridgehead atoms. The summed E-state index contributed by atoms with van der Waals surface area (Å²) in [6.07, 6.45) is 2.06. The molecule has 0 heterocycles. The van der Waals surface area contributed by atoms with E-state index in [0.29, 0.717) is 17.7 Å². The monoisotopic (exact) mass is 318 g/mol. The van der Waals surface area contributed by atoms with E-state index in [1.165, 1.54) is 13.2 Å². The van der Waals surface area contributed by atoms with Crippen molar-refractivity contribution in [1.29, 1.82) is 0 Å². The minimum Gasteiger partial charge on any atom is -0.469 e. The number of methoxy groups -OCH3 is 1. The zero-order valence-electron chi connectivity index (χ0n) is 11.2. The number of hydrogen-bond donors (Lipinski definition) is 0. The molecule has 0 amide bonds. The molecule has 0 N–H and O–H groups in total. The van der Waals surface area contributed by atoms with Crippen LogP contribution in [0.1, 0.15) is 24.8 Å². The van der Waals surface area contributed by atoms with E-state index in [0.717, 1.165) is 12.8 Å². The molecule has 0 saturated heterocycles. The summed E-state index contributed by atoms with van der Waals surface area (Å²) >= 11 is 5.85. The summed E-state index contributed by atoms with van der Waals surface area (Å²) in [5, 5.41) is 0.0265. The summed E-state index contributed by atoms with van der Waals surface area (Å²) in [6.45, 7) is 0. The van der Waals surface area contributed by atoms with Gasteiger partial charge in [0.15, 0.2) is 0 Å². The molecule has 1 atom stereocenters.